The molecule has 0 bridgehead atoms. The van der Waals surface area contributed by atoms with Crippen molar-refractivity contribution < 1.29 is 13.2 Å². The standard InChI is InChI=1S/C18H17N7O3S/c1-13-22-18(11-24(13)2)29(26,27)23-14-4-6-15(7-5-14)28-17-10-16(19-12-20-17)25-9-3-8-21-25/h3-12,23H,1-2H3. The van der Waals surface area contributed by atoms with Gasteiger partial charge in [-0.2, -0.15) is 13.5 Å². The highest BCUT2D eigenvalue weighted by atomic mass is 32.2. The lowest BCUT2D eigenvalue weighted by molar-refractivity contribution is 0.460. The van der Waals surface area contributed by atoms with E-state index in [0.29, 0.717) is 29.0 Å². The summed E-state index contributed by atoms with van der Waals surface area (Å²) in [6, 6.07) is 9.90. The minimum atomic E-state index is -3.77. The monoisotopic (exact) mass is 411 g/mol. The SMILES string of the molecule is Cc1nc(S(=O)(=O)Nc2ccc(Oc3cc(-n4cccn4)ncn3)cc2)cn1C. The number of nitrogens with one attached hydrogen (secondary N) is 1. The van der Waals surface area contributed by atoms with Gasteiger partial charge in [-0.1, -0.05) is 0 Å². The molecule has 3 aromatic heterocycles. The predicted octanol–water partition coefficient (Wildman–Crippen LogP) is 2.30. The van der Waals surface area contributed by atoms with Crippen LogP contribution in [0.1, 0.15) is 5.82 Å². The molecule has 3 heterocycles. The smallest absolute Gasteiger partial charge is 0.280 e. The van der Waals surface area contributed by atoms with E-state index in [0.717, 1.165) is 0 Å². The van der Waals surface area contributed by atoms with Gasteiger partial charge in [-0.25, -0.2) is 19.6 Å². The third kappa shape index (κ3) is 4.09. The molecule has 0 aliphatic carbocycles. The molecule has 0 fully saturated rings. The Morgan fingerprint density at radius 2 is 1.93 bits per heavy atom. The molecule has 0 aliphatic rings. The number of benzene rings is 1. The molecule has 0 saturated carbocycles. The number of rotatable bonds is 6. The van der Waals surface area contributed by atoms with Crippen LogP contribution in [-0.2, 0) is 17.1 Å². The normalized spacial score (nSPS) is 11.4. The van der Waals surface area contributed by atoms with Crippen LogP contribution in [0.3, 0.4) is 0 Å². The zero-order valence-corrected chi connectivity index (χ0v) is 16.4. The molecule has 11 heteroatoms. The first-order valence-corrected chi connectivity index (χ1v) is 10.0. The van der Waals surface area contributed by atoms with Gasteiger partial charge in [-0.05, 0) is 37.3 Å². The van der Waals surface area contributed by atoms with Gasteiger partial charge in [-0.3, -0.25) is 4.72 Å². The molecular weight excluding hydrogens is 394 g/mol. The number of nitrogens with zero attached hydrogens (tertiary/aromatic N) is 6. The molecule has 0 saturated heterocycles. The van der Waals surface area contributed by atoms with Gasteiger partial charge in [-0.15, -0.1) is 0 Å². The number of ether oxygens (including phenoxy) is 1. The lowest BCUT2D eigenvalue weighted by Gasteiger charge is -2.08. The van der Waals surface area contributed by atoms with Crippen molar-refractivity contribution in [1.29, 1.82) is 0 Å². The van der Waals surface area contributed by atoms with Crippen molar-refractivity contribution in [2.45, 2.75) is 11.9 Å². The van der Waals surface area contributed by atoms with Crippen molar-refractivity contribution in [3.63, 3.8) is 0 Å². The molecule has 0 radical (unpaired) electrons. The highest BCUT2D eigenvalue weighted by molar-refractivity contribution is 7.92. The fourth-order valence-electron chi connectivity index (χ4n) is 2.49. The number of anilines is 1. The number of hydrogen-bond acceptors (Lipinski definition) is 7. The van der Waals surface area contributed by atoms with Crippen LogP contribution in [0.25, 0.3) is 5.82 Å². The summed E-state index contributed by atoms with van der Waals surface area (Å²) in [6.07, 6.45) is 6.25. The molecule has 0 spiro atoms. The van der Waals surface area contributed by atoms with Crippen LogP contribution in [0.15, 0.2) is 66.3 Å². The second-order valence-corrected chi connectivity index (χ2v) is 7.76. The molecular formula is C18H17N7O3S. The summed E-state index contributed by atoms with van der Waals surface area (Å²) in [6.45, 7) is 1.73. The zero-order valence-electron chi connectivity index (χ0n) is 15.6. The molecule has 0 atom stereocenters. The van der Waals surface area contributed by atoms with E-state index in [1.54, 1.807) is 72.0 Å². The number of hydrogen-bond donors (Lipinski definition) is 1. The van der Waals surface area contributed by atoms with Gasteiger partial charge in [0.05, 0.1) is 0 Å². The topological polar surface area (TPSA) is 117 Å². The van der Waals surface area contributed by atoms with Crippen LogP contribution in [-0.4, -0.2) is 37.7 Å². The van der Waals surface area contributed by atoms with E-state index in [4.69, 9.17) is 4.74 Å². The van der Waals surface area contributed by atoms with Crippen LogP contribution in [0.5, 0.6) is 11.6 Å². The molecule has 4 aromatic rings. The van der Waals surface area contributed by atoms with E-state index >= 15 is 0 Å². The van der Waals surface area contributed by atoms with Gasteiger partial charge in [0.1, 0.15) is 17.9 Å². The lowest BCUT2D eigenvalue weighted by Crippen LogP contribution is -2.13. The highest BCUT2D eigenvalue weighted by Crippen LogP contribution is 2.23. The Labute approximate surface area is 166 Å². The molecule has 1 N–H and O–H groups in total. The average Bonchev–Trinajstić information content (AvgIpc) is 3.34. The van der Waals surface area contributed by atoms with Gasteiger partial charge in [0.15, 0.2) is 10.8 Å². The Morgan fingerprint density at radius 3 is 2.59 bits per heavy atom. The van der Waals surface area contributed by atoms with Crippen LogP contribution >= 0.6 is 0 Å². The van der Waals surface area contributed by atoms with E-state index in [1.165, 1.54) is 12.5 Å². The molecule has 0 unspecified atom stereocenters. The summed E-state index contributed by atoms with van der Waals surface area (Å²) >= 11 is 0. The van der Waals surface area contributed by atoms with Gasteiger partial charge in [0.2, 0.25) is 5.88 Å². The largest absolute Gasteiger partial charge is 0.439 e. The molecule has 0 amide bonds. The van der Waals surface area contributed by atoms with Crippen molar-refractivity contribution in [3.8, 4) is 17.4 Å². The zero-order chi connectivity index (χ0) is 20.4. The van der Waals surface area contributed by atoms with Crippen molar-refractivity contribution in [2.75, 3.05) is 4.72 Å². The number of sulfonamides is 1. The minimum absolute atomic E-state index is 0.0371. The fourth-order valence-corrected chi connectivity index (χ4v) is 3.59. The fraction of sp³-hybridized carbons (Fsp3) is 0.111. The third-order valence-corrected chi connectivity index (χ3v) is 5.31. The maximum Gasteiger partial charge on any atom is 0.280 e. The Hall–Kier alpha value is -3.73. The highest BCUT2D eigenvalue weighted by Gasteiger charge is 2.18. The van der Waals surface area contributed by atoms with Crippen LogP contribution < -0.4 is 9.46 Å². The van der Waals surface area contributed by atoms with E-state index in [1.807, 2.05) is 0 Å². The second-order valence-electron chi connectivity index (χ2n) is 6.13. The Bertz CT molecular complexity index is 1210. The van der Waals surface area contributed by atoms with Crippen molar-refractivity contribution in [3.05, 3.63) is 67.1 Å². The van der Waals surface area contributed by atoms with Crippen molar-refractivity contribution in [1.82, 2.24) is 29.3 Å². The number of aromatic nitrogens is 6. The summed E-state index contributed by atoms with van der Waals surface area (Å²) in [5.74, 6) is 2.00. The Morgan fingerprint density at radius 1 is 1.14 bits per heavy atom. The molecule has 0 aliphatic heterocycles. The van der Waals surface area contributed by atoms with Crippen LogP contribution in [0.2, 0.25) is 0 Å². The first kappa shape index (κ1) is 18.6. The Balaban J connectivity index is 1.48. The quantitative estimate of drug-likeness (QED) is 0.517. The van der Waals surface area contributed by atoms with E-state index in [-0.39, 0.29) is 5.03 Å². The minimum Gasteiger partial charge on any atom is -0.439 e. The van der Waals surface area contributed by atoms with E-state index in [9.17, 15) is 8.42 Å². The van der Waals surface area contributed by atoms with Gasteiger partial charge in [0, 0.05) is 37.4 Å². The maximum atomic E-state index is 12.4. The molecule has 10 nitrogen and oxygen atoms in total. The van der Waals surface area contributed by atoms with E-state index < -0.39 is 10.0 Å². The van der Waals surface area contributed by atoms with Crippen LogP contribution in [0, 0.1) is 6.92 Å². The first-order chi connectivity index (χ1) is 13.9. The molecule has 4 rings (SSSR count). The molecule has 1 aromatic carbocycles. The predicted molar refractivity (Wildman–Crippen MR) is 104 cm³/mol. The summed E-state index contributed by atoms with van der Waals surface area (Å²) in [4.78, 5) is 12.3. The average molecular weight is 411 g/mol. The van der Waals surface area contributed by atoms with Crippen molar-refractivity contribution in [2.24, 2.45) is 7.05 Å². The summed E-state index contributed by atoms with van der Waals surface area (Å²) in [5.41, 5.74) is 0.389. The summed E-state index contributed by atoms with van der Waals surface area (Å²) in [7, 11) is -2.04. The second kappa shape index (κ2) is 7.36. The van der Waals surface area contributed by atoms with Crippen LogP contribution in [0.4, 0.5) is 5.69 Å². The first-order valence-electron chi connectivity index (χ1n) is 8.53. The molecule has 29 heavy (non-hydrogen) atoms. The Kier molecular flexibility index (Phi) is 4.72. The maximum absolute atomic E-state index is 12.4. The van der Waals surface area contributed by atoms with Crippen molar-refractivity contribution >= 4 is 15.7 Å². The third-order valence-electron chi connectivity index (χ3n) is 4.06. The lowest BCUT2D eigenvalue weighted by atomic mass is 10.3. The summed E-state index contributed by atoms with van der Waals surface area (Å²) < 4.78 is 36.4. The number of imidazole rings is 1. The van der Waals surface area contributed by atoms with Gasteiger partial charge in [0.25, 0.3) is 10.0 Å². The van der Waals surface area contributed by atoms with E-state index in [2.05, 4.69) is 24.8 Å². The molecule has 148 valence electrons. The number of aryl methyl sites for hydroxylation is 2. The summed E-state index contributed by atoms with van der Waals surface area (Å²) in [5, 5.41) is 4.07. The van der Waals surface area contributed by atoms with Gasteiger partial charge < -0.3 is 9.30 Å². The van der Waals surface area contributed by atoms with Gasteiger partial charge >= 0.3 is 0 Å².